The highest BCUT2D eigenvalue weighted by Crippen LogP contribution is 2.17. The van der Waals surface area contributed by atoms with Crippen LogP contribution in [-0.2, 0) is 16.0 Å². The van der Waals surface area contributed by atoms with Gasteiger partial charge in [0.15, 0.2) is 0 Å². The van der Waals surface area contributed by atoms with Crippen LogP contribution in [0.5, 0.6) is 5.75 Å². The maximum absolute atomic E-state index is 12.6. The molecule has 2 amide bonds. The van der Waals surface area contributed by atoms with Crippen LogP contribution in [0.1, 0.15) is 47.1 Å². The Morgan fingerprint density at radius 3 is 2.19 bits per heavy atom. The Bertz CT molecular complexity index is 689. The van der Waals surface area contributed by atoms with Gasteiger partial charge in [-0.2, -0.15) is 0 Å². The summed E-state index contributed by atoms with van der Waals surface area (Å²) in [5.74, 6) is 0.171. The van der Waals surface area contributed by atoms with Crippen LogP contribution in [0.4, 0.5) is 9.59 Å². The smallest absolute Gasteiger partial charge is 0.417 e. The van der Waals surface area contributed by atoms with E-state index in [2.05, 4.69) is 5.32 Å². The largest absolute Gasteiger partial charge is 0.497 e. The maximum Gasteiger partial charge on any atom is 0.417 e. The van der Waals surface area contributed by atoms with Gasteiger partial charge in [-0.3, -0.25) is 10.7 Å². The molecule has 1 aromatic carbocycles. The topological polar surface area (TPSA) is 101 Å². The number of alkyl carbamates (subject to hydrolysis) is 1. The lowest BCUT2D eigenvalue weighted by Gasteiger charge is -2.28. The predicted octanol–water partition coefficient (Wildman–Crippen LogP) is 3.89. The standard InChI is InChI=1S/C19H29N3O5/c1-18(2,3)26-16(23)21-15(20)22(17(24)27-19(4,5)6)12-13-9-8-10-14(11-13)25-7/h8-11H,12H2,1-7H3,(H2,20,21,23). The number of hydrogen-bond donors (Lipinski definition) is 2. The SMILES string of the molecule is COc1cccc(CN(C(=N)NC(=O)OC(C)(C)C)C(=O)OC(C)(C)C)c1. The Morgan fingerprint density at radius 2 is 1.67 bits per heavy atom. The number of nitrogens with zero attached hydrogens (tertiary/aromatic N) is 1. The summed E-state index contributed by atoms with van der Waals surface area (Å²) < 4.78 is 15.7. The molecule has 0 unspecified atom stereocenters. The normalized spacial score (nSPS) is 11.4. The third-order valence-electron chi connectivity index (χ3n) is 2.98. The number of carbonyl (C=O) groups excluding carboxylic acids is 2. The van der Waals surface area contributed by atoms with E-state index in [9.17, 15) is 9.59 Å². The van der Waals surface area contributed by atoms with E-state index in [1.165, 1.54) is 7.11 Å². The summed E-state index contributed by atoms with van der Waals surface area (Å²) in [6, 6.07) is 7.05. The fraction of sp³-hybridized carbons (Fsp3) is 0.526. The van der Waals surface area contributed by atoms with Gasteiger partial charge in [-0.1, -0.05) is 12.1 Å². The average Bonchev–Trinajstić information content (AvgIpc) is 2.48. The minimum atomic E-state index is -0.827. The quantitative estimate of drug-likeness (QED) is 0.613. The van der Waals surface area contributed by atoms with Crippen molar-refractivity contribution < 1.29 is 23.8 Å². The number of methoxy groups -OCH3 is 1. The highest BCUT2D eigenvalue weighted by molar-refractivity contribution is 5.99. The van der Waals surface area contributed by atoms with E-state index in [0.29, 0.717) is 11.3 Å². The minimum absolute atomic E-state index is 0.0146. The Hall–Kier alpha value is -2.77. The van der Waals surface area contributed by atoms with Crippen LogP contribution in [0.3, 0.4) is 0 Å². The van der Waals surface area contributed by atoms with Crippen molar-refractivity contribution in [3.63, 3.8) is 0 Å². The molecule has 0 heterocycles. The predicted molar refractivity (Wildman–Crippen MR) is 102 cm³/mol. The van der Waals surface area contributed by atoms with E-state index in [1.54, 1.807) is 65.8 Å². The van der Waals surface area contributed by atoms with Gasteiger partial charge in [-0.25, -0.2) is 14.5 Å². The highest BCUT2D eigenvalue weighted by Gasteiger charge is 2.27. The molecule has 0 radical (unpaired) electrons. The van der Waals surface area contributed by atoms with Crippen LogP contribution in [0.15, 0.2) is 24.3 Å². The Kier molecular flexibility index (Phi) is 7.21. The van der Waals surface area contributed by atoms with Gasteiger partial charge < -0.3 is 14.2 Å². The molecule has 1 aromatic rings. The van der Waals surface area contributed by atoms with Gasteiger partial charge in [0, 0.05) is 0 Å². The molecule has 0 aliphatic heterocycles. The van der Waals surface area contributed by atoms with Gasteiger partial charge >= 0.3 is 12.2 Å². The van der Waals surface area contributed by atoms with E-state index in [1.807, 2.05) is 0 Å². The number of hydrogen-bond acceptors (Lipinski definition) is 6. The van der Waals surface area contributed by atoms with Gasteiger partial charge in [-0.15, -0.1) is 0 Å². The van der Waals surface area contributed by atoms with Crippen LogP contribution in [0.2, 0.25) is 0 Å². The number of carbonyl (C=O) groups is 2. The van der Waals surface area contributed by atoms with Gasteiger partial charge in [-0.05, 0) is 59.2 Å². The summed E-state index contributed by atoms with van der Waals surface area (Å²) in [7, 11) is 1.54. The molecule has 0 spiro atoms. The summed E-state index contributed by atoms with van der Waals surface area (Å²) in [5.41, 5.74) is -0.778. The van der Waals surface area contributed by atoms with Crippen molar-refractivity contribution in [3.8, 4) is 5.75 Å². The van der Waals surface area contributed by atoms with Crippen LogP contribution < -0.4 is 10.1 Å². The highest BCUT2D eigenvalue weighted by atomic mass is 16.6. The van der Waals surface area contributed by atoms with Crippen molar-refractivity contribution >= 4 is 18.1 Å². The average molecular weight is 379 g/mol. The van der Waals surface area contributed by atoms with Gasteiger partial charge in [0.1, 0.15) is 17.0 Å². The maximum atomic E-state index is 12.6. The Labute approximate surface area is 160 Å². The molecule has 1 rings (SSSR count). The zero-order chi connectivity index (χ0) is 20.8. The zero-order valence-corrected chi connectivity index (χ0v) is 17.0. The third kappa shape index (κ3) is 8.44. The van der Waals surface area contributed by atoms with E-state index < -0.39 is 29.3 Å². The molecule has 2 N–H and O–H groups in total. The fourth-order valence-electron chi connectivity index (χ4n) is 1.97. The molecule has 8 nitrogen and oxygen atoms in total. The number of ether oxygens (including phenoxy) is 3. The monoisotopic (exact) mass is 379 g/mol. The summed E-state index contributed by atoms with van der Waals surface area (Å²) in [5, 5.41) is 10.4. The molecule has 150 valence electrons. The Balaban J connectivity index is 3.00. The molecule has 0 aromatic heterocycles. The third-order valence-corrected chi connectivity index (χ3v) is 2.98. The van der Waals surface area contributed by atoms with E-state index >= 15 is 0 Å². The van der Waals surface area contributed by atoms with E-state index in [4.69, 9.17) is 19.6 Å². The van der Waals surface area contributed by atoms with Crippen molar-refractivity contribution in [1.29, 1.82) is 5.41 Å². The number of amides is 2. The van der Waals surface area contributed by atoms with Gasteiger partial charge in [0.25, 0.3) is 0 Å². The first-order chi connectivity index (χ1) is 12.3. The number of nitrogens with one attached hydrogen (secondary N) is 2. The lowest BCUT2D eigenvalue weighted by atomic mass is 10.2. The molecular weight excluding hydrogens is 350 g/mol. The fourth-order valence-corrected chi connectivity index (χ4v) is 1.97. The number of benzene rings is 1. The summed E-state index contributed by atoms with van der Waals surface area (Å²) >= 11 is 0. The first kappa shape index (κ1) is 22.3. The summed E-state index contributed by atoms with van der Waals surface area (Å²) in [4.78, 5) is 25.5. The summed E-state index contributed by atoms with van der Waals surface area (Å²) in [6.07, 6.45) is -1.59. The molecule has 0 saturated heterocycles. The molecular formula is C19H29N3O5. The van der Waals surface area contributed by atoms with Crippen molar-refractivity contribution in [1.82, 2.24) is 10.2 Å². The molecule has 27 heavy (non-hydrogen) atoms. The second-order valence-electron chi connectivity index (χ2n) is 7.89. The number of guanidine groups is 1. The lowest BCUT2D eigenvalue weighted by molar-refractivity contribution is 0.0346. The second kappa shape index (κ2) is 8.75. The van der Waals surface area contributed by atoms with Crippen molar-refractivity contribution in [3.05, 3.63) is 29.8 Å². The second-order valence-corrected chi connectivity index (χ2v) is 7.89. The van der Waals surface area contributed by atoms with E-state index in [0.717, 1.165) is 4.90 Å². The zero-order valence-electron chi connectivity index (χ0n) is 17.0. The molecule has 0 atom stereocenters. The van der Waals surface area contributed by atoms with E-state index in [-0.39, 0.29) is 6.54 Å². The minimum Gasteiger partial charge on any atom is -0.497 e. The molecule has 0 saturated carbocycles. The first-order valence-electron chi connectivity index (χ1n) is 8.53. The first-order valence-corrected chi connectivity index (χ1v) is 8.53. The summed E-state index contributed by atoms with van der Waals surface area (Å²) in [6.45, 7) is 10.3. The molecule has 0 aliphatic rings. The van der Waals surface area contributed by atoms with Crippen LogP contribution in [0, 0.1) is 5.41 Å². The van der Waals surface area contributed by atoms with Gasteiger partial charge in [0.2, 0.25) is 5.96 Å². The van der Waals surface area contributed by atoms with Crippen LogP contribution >= 0.6 is 0 Å². The van der Waals surface area contributed by atoms with Crippen LogP contribution in [-0.4, -0.2) is 41.4 Å². The number of rotatable bonds is 3. The molecule has 0 bridgehead atoms. The molecule has 8 heteroatoms. The van der Waals surface area contributed by atoms with Crippen molar-refractivity contribution in [2.45, 2.75) is 59.3 Å². The molecule has 0 fully saturated rings. The Morgan fingerprint density at radius 1 is 1.07 bits per heavy atom. The van der Waals surface area contributed by atoms with Crippen molar-refractivity contribution in [2.75, 3.05) is 7.11 Å². The van der Waals surface area contributed by atoms with Crippen LogP contribution in [0.25, 0.3) is 0 Å². The molecule has 0 aliphatic carbocycles. The van der Waals surface area contributed by atoms with Gasteiger partial charge in [0.05, 0.1) is 13.7 Å². The lowest BCUT2D eigenvalue weighted by Crippen LogP contribution is -2.49. The van der Waals surface area contributed by atoms with Crippen molar-refractivity contribution in [2.24, 2.45) is 0 Å².